The number of ether oxygens (including phenoxy) is 1. The summed E-state index contributed by atoms with van der Waals surface area (Å²) in [5, 5.41) is 22.8. The van der Waals surface area contributed by atoms with Gasteiger partial charge in [0.05, 0.1) is 28.5 Å². The van der Waals surface area contributed by atoms with E-state index in [1.165, 1.54) is 11.1 Å². The van der Waals surface area contributed by atoms with Crippen LogP contribution >= 0.6 is 0 Å². The molecule has 1 amide bonds. The summed E-state index contributed by atoms with van der Waals surface area (Å²) >= 11 is 0. The first kappa shape index (κ1) is 26.4. The normalized spacial score (nSPS) is 13.8. The van der Waals surface area contributed by atoms with Gasteiger partial charge in [-0.25, -0.2) is 4.68 Å². The number of carbonyl (C=O) groups excluding carboxylic acids is 1. The third-order valence-corrected chi connectivity index (χ3v) is 6.72. The molecule has 4 aromatic carbocycles. The number of anilines is 1. The van der Waals surface area contributed by atoms with Crippen LogP contribution in [0.5, 0.6) is 5.75 Å². The van der Waals surface area contributed by atoms with Crippen molar-refractivity contribution in [1.82, 2.24) is 9.78 Å². The largest absolute Gasteiger partial charge is 0.487 e. The van der Waals surface area contributed by atoms with E-state index >= 15 is 0 Å². The predicted molar refractivity (Wildman–Crippen MR) is 162 cm³/mol. The number of nitro groups is 1. The van der Waals surface area contributed by atoms with E-state index in [9.17, 15) is 14.9 Å². The molecule has 9 nitrogen and oxygen atoms in total. The SMILES string of the molecule is CCOc1ccc(-c2nn(-c3ccccc3)cc2/C=C2\C(=O)N(c3ccccc3)N=C2c2ccccc2)cc1[N+](=O)[O-]. The standard InChI is InChI=1S/C33H25N5O4/c1-2-42-30-19-18-24(21-29(30)38(40)41)31-25(22-36(34-31)26-14-8-4-9-15-26)20-28-32(23-12-6-3-7-13-23)35-37(33(28)39)27-16-10-5-11-17-27/h3-22H,2H2,1H3/b28-20-. The summed E-state index contributed by atoms with van der Waals surface area (Å²) in [5.41, 5.74) is 4.52. The molecule has 0 unspecified atom stereocenters. The maximum absolute atomic E-state index is 13.9. The lowest BCUT2D eigenvalue weighted by molar-refractivity contribution is -0.385. The van der Waals surface area contributed by atoms with Crippen molar-refractivity contribution in [3.63, 3.8) is 0 Å². The molecule has 6 rings (SSSR count). The van der Waals surface area contributed by atoms with Gasteiger partial charge in [0.15, 0.2) is 5.75 Å². The Kier molecular flexibility index (Phi) is 7.13. The number of aromatic nitrogens is 2. The first-order valence-corrected chi connectivity index (χ1v) is 13.4. The molecule has 0 bridgehead atoms. The number of rotatable bonds is 8. The summed E-state index contributed by atoms with van der Waals surface area (Å²) < 4.78 is 7.18. The average molecular weight is 556 g/mol. The van der Waals surface area contributed by atoms with Gasteiger partial charge < -0.3 is 4.74 Å². The zero-order valence-electron chi connectivity index (χ0n) is 22.6. The first-order valence-electron chi connectivity index (χ1n) is 13.4. The van der Waals surface area contributed by atoms with Crippen LogP contribution in [0.3, 0.4) is 0 Å². The van der Waals surface area contributed by atoms with Crippen molar-refractivity contribution in [3.8, 4) is 22.7 Å². The molecule has 2 heterocycles. The maximum Gasteiger partial charge on any atom is 0.311 e. The fourth-order valence-corrected chi connectivity index (χ4v) is 4.77. The molecular weight excluding hydrogens is 530 g/mol. The summed E-state index contributed by atoms with van der Waals surface area (Å²) in [6, 6.07) is 33.0. The lowest BCUT2D eigenvalue weighted by atomic mass is 9.99. The second kappa shape index (κ2) is 11.3. The smallest absolute Gasteiger partial charge is 0.311 e. The van der Waals surface area contributed by atoms with E-state index in [0.29, 0.717) is 40.4 Å². The summed E-state index contributed by atoms with van der Waals surface area (Å²) in [7, 11) is 0. The first-order chi connectivity index (χ1) is 20.5. The number of amides is 1. The summed E-state index contributed by atoms with van der Waals surface area (Å²) in [5.74, 6) is -0.118. The molecule has 0 spiro atoms. The third kappa shape index (κ3) is 5.06. The second-order valence-electron chi connectivity index (χ2n) is 9.41. The topological polar surface area (TPSA) is 103 Å². The van der Waals surface area contributed by atoms with Crippen LogP contribution in [-0.4, -0.2) is 32.9 Å². The van der Waals surface area contributed by atoms with Gasteiger partial charge in [-0.05, 0) is 49.4 Å². The van der Waals surface area contributed by atoms with E-state index in [1.54, 1.807) is 36.0 Å². The van der Waals surface area contributed by atoms with E-state index in [-0.39, 0.29) is 17.3 Å². The molecule has 1 aromatic heterocycles. The van der Waals surface area contributed by atoms with Crippen LogP contribution < -0.4 is 9.75 Å². The number of hydrazone groups is 1. The van der Waals surface area contributed by atoms with Crippen LogP contribution in [0.4, 0.5) is 11.4 Å². The van der Waals surface area contributed by atoms with E-state index in [0.717, 1.165) is 11.3 Å². The molecule has 1 aliphatic rings. The zero-order valence-corrected chi connectivity index (χ0v) is 22.6. The number of hydrogen-bond donors (Lipinski definition) is 0. The fraction of sp³-hybridized carbons (Fsp3) is 0.0606. The van der Waals surface area contributed by atoms with E-state index in [1.807, 2.05) is 91.0 Å². The Bertz CT molecular complexity index is 1830. The van der Waals surface area contributed by atoms with Crippen molar-refractivity contribution in [3.05, 3.63) is 142 Å². The number of carbonyl (C=O) groups is 1. The van der Waals surface area contributed by atoms with Crippen LogP contribution in [0.15, 0.2) is 126 Å². The monoisotopic (exact) mass is 555 g/mol. The Morgan fingerprint density at radius 3 is 2.14 bits per heavy atom. The quantitative estimate of drug-likeness (QED) is 0.121. The van der Waals surface area contributed by atoms with Gasteiger partial charge in [-0.1, -0.05) is 66.7 Å². The van der Waals surface area contributed by atoms with Gasteiger partial charge in [0.2, 0.25) is 0 Å². The number of nitro benzene ring substituents is 1. The molecule has 0 fully saturated rings. The van der Waals surface area contributed by atoms with Gasteiger partial charge in [0, 0.05) is 29.0 Å². The highest BCUT2D eigenvalue weighted by atomic mass is 16.6. The van der Waals surface area contributed by atoms with E-state index in [2.05, 4.69) is 0 Å². The summed E-state index contributed by atoms with van der Waals surface area (Å²) in [4.78, 5) is 25.3. The molecule has 0 radical (unpaired) electrons. The minimum atomic E-state index is -0.473. The Labute approximate surface area is 241 Å². The van der Waals surface area contributed by atoms with Crippen molar-refractivity contribution in [2.24, 2.45) is 5.10 Å². The minimum Gasteiger partial charge on any atom is -0.487 e. The van der Waals surface area contributed by atoms with Crippen molar-refractivity contribution >= 4 is 29.1 Å². The molecule has 5 aromatic rings. The molecule has 42 heavy (non-hydrogen) atoms. The summed E-state index contributed by atoms with van der Waals surface area (Å²) in [6.07, 6.45) is 3.56. The number of benzene rings is 4. The minimum absolute atomic E-state index is 0.166. The molecule has 206 valence electrons. The van der Waals surface area contributed by atoms with Crippen molar-refractivity contribution in [1.29, 1.82) is 0 Å². The second-order valence-corrected chi connectivity index (χ2v) is 9.41. The lowest BCUT2D eigenvalue weighted by Gasteiger charge is -2.10. The van der Waals surface area contributed by atoms with Crippen LogP contribution in [0.25, 0.3) is 23.0 Å². The van der Waals surface area contributed by atoms with Gasteiger partial charge in [-0.15, -0.1) is 0 Å². The number of nitrogens with zero attached hydrogens (tertiary/aromatic N) is 5. The molecule has 0 saturated heterocycles. The van der Waals surface area contributed by atoms with Crippen LogP contribution in [0.2, 0.25) is 0 Å². The van der Waals surface area contributed by atoms with Crippen LogP contribution in [-0.2, 0) is 4.79 Å². The van der Waals surface area contributed by atoms with Crippen molar-refractivity contribution in [2.75, 3.05) is 11.6 Å². The Morgan fingerprint density at radius 1 is 0.857 bits per heavy atom. The highest BCUT2D eigenvalue weighted by Crippen LogP contribution is 2.35. The van der Waals surface area contributed by atoms with E-state index in [4.69, 9.17) is 14.9 Å². The van der Waals surface area contributed by atoms with Gasteiger partial charge in [0.1, 0.15) is 11.4 Å². The van der Waals surface area contributed by atoms with Gasteiger partial charge >= 0.3 is 5.69 Å². The zero-order chi connectivity index (χ0) is 29.1. The van der Waals surface area contributed by atoms with Crippen molar-refractivity contribution < 1.29 is 14.5 Å². The Morgan fingerprint density at radius 2 is 1.50 bits per heavy atom. The highest BCUT2D eigenvalue weighted by Gasteiger charge is 2.32. The van der Waals surface area contributed by atoms with E-state index < -0.39 is 4.92 Å². The number of hydrogen-bond acceptors (Lipinski definition) is 6. The average Bonchev–Trinajstić information content (AvgIpc) is 3.60. The lowest BCUT2D eigenvalue weighted by Crippen LogP contribution is -2.21. The molecule has 0 saturated carbocycles. The highest BCUT2D eigenvalue weighted by molar-refractivity contribution is 6.37. The van der Waals surface area contributed by atoms with Crippen LogP contribution in [0.1, 0.15) is 18.1 Å². The van der Waals surface area contributed by atoms with Gasteiger partial charge in [-0.3, -0.25) is 14.9 Å². The summed E-state index contributed by atoms with van der Waals surface area (Å²) in [6.45, 7) is 2.06. The molecular formula is C33H25N5O4. The molecule has 1 aliphatic heterocycles. The fourth-order valence-electron chi connectivity index (χ4n) is 4.77. The third-order valence-electron chi connectivity index (χ3n) is 6.72. The number of para-hydroxylation sites is 2. The molecule has 0 atom stereocenters. The molecule has 0 N–H and O–H groups in total. The van der Waals surface area contributed by atoms with Gasteiger partial charge in [0.25, 0.3) is 5.91 Å². The molecule has 9 heteroatoms. The van der Waals surface area contributed by atoms with Crippen LogP contribution in [0, 0.1) is 10.1 Å². The predicted octanol–water partition coefficient (Wildman–Crippen LogP) is 6.68. The Hall–Kier alpha value is -5.83. The Balaban J connectivity index is 1.53. The molecule has 0 aliphatic carbocycles. The van der Waals surface area contributed by atoms with Crippen molar-refractivity contribution in [2.45, 2.75) is 6.92 Å². The van der Waals surface area contributed by atoms with Gasteiger partial charge in [-0.2, -0.15) is 15.2 Å². The maximum atomic E-state index is 13.9.